The van der Waals surface area contributed by atoms with E-state index < -0.39 is 6.35 Å². The molecule has 3 atom stereocenters. The second-order valence-electron chi connectivity index (χ2n) is 8.94. The SMILES string of the molecule is CCCc1ccc(-c2ccc(N(C[C@@H](N)[C@@H](C)CC)C(O)NCc3ccccc3)cc2)cc1. The zero-order valence-corrected chi connectivity index (χ0v) is 20.2. The zero-order chi connectivity index (χ0) is 23.6. The summed E-state index contributed by atoms with van der Waals surface area (Å²) in [6.45, 7) is 7.68. The summed E-state index contributed by atoms with van der Waals surface area (Å²) in [7, 11) is 0. The van der Waals surface area contributed by atoms with Crippen LogP contribution < -0.4 is 16.0 Å². The lowest BCUT2D eigenvalue weighted by Gasteiger charge is -2.34. The number of aryl methyl sites for hydroxylation is 1. The first kappa shape index (κ1) is 25.0. The smallest absolute Gasteiger partial charge is 0.184 e. The quantitative estimate of drug-likeness (QED) is 0.320. The second-order valence-corrected chi connectivity index (χ2v) is 8.94. The summed E-state index contributed by atoms with van der Waals surface area (Å²) in [5.41, 5.74) is 12.3. The maximum Gasteiger partial charge on any atom is 0.184 e. The van der Waals surface area contributed by atoms with E-state index in [1.165, 1.54) is 16.7 Å². The van der Waals surface area contributed by atoms with E-state index in [4.69, 9.17) is 5.73 Å². The van der Waals surface area contributed by atoms with E-state index in [2.05, 4.69) is 86.8 Å². The molecule has 0 saturated carbocycles. The normalized spacial score (nSPS) is 14.0. The average Bonchev–Trinajstić information content (AvgIpc) is 2.86. The van der Waals surface area contributed by atoms with E-state index in [0.29, 0.717) is 19.0 Å². The molecule has 3 rings (SSSR count). The topological polar surface area (TPSA) is 61.5 Å². The number of anilines is 1. The van der Waals surface area contributed by atoms with Gasteiger partial charge in [-0.15, -0.1) is 0 Å². The predicted octanol–water partition coefficient (Wildman–Crippen LogP) is 5.55. The molecule has 4 heteroatoms. The Morgan fingerprint density at radius 2 is 1.45 bits per heavy atom. The first-order valence-corrected chi connectivity index (χ1v) is 12.2. The zero-order valence-electron chi connectivity index (χ0n) is 20.2. The third-order valence-corrected chi connectivity index (χ3v) is 6.43. The molecule has 0 amide bonds. The van der Waals surface area contributed by atoms with E-state index in [9.17, 15) is 5.11 Å². The van der Waals surface area contributed by atoms with Crippen LogP contribution in [0.15, 0.2) is 78.9 Å². The minimum absolute atomic E-state index is 0.0334. The summed E-state index contributed by atoms with van der Waals surface area (Å²) in [4.78, 5) is 1.97. The highest BCUT2D eigenvalue weighted by molar-refractivity contribution is 5.66. The summed E-state index contributed by atoms with van der Waals surface area (Å²) in [6.07, 6.45) is 2.44. The van der Waals surface area contributed by atoms with Crippen molar-refractivity contribution in [1.29, 1.82) is 0 Å². The van der Waals surface area contributed by atoms with Crippen LogP contribution in [0.1, 0.15) is 44.7 Å². The molecule has 0 radical (unpaired) electrons. The van der Waals surface area contributed by atoms with Crippen molar-refractivity contribution in [1.82, 2.24) is 5.32 Å². The molecule has 1 unspecified atom stereocenters. The lowest BCUT2D eigenvalue weighted by atomic mass is 9.99. The maximum atomic E-state index is 11.1. The van der Waals surface area contributed by atoms with E-state index in [1.807, 2.05) is 23.1 Å². The lowest BCUT2D eigenvalue weighted by molar-refractivity contribution is 0.126. The summed E-state index contributed by atoms with van der Waals surface area (Å²) in [6, 6.07) is 27.3. The first-order valence-electron chi connectivity index (χ1n) is 12.2. The van der Waals surface area contributed by atoms with Gasteiger partial charge in [0.25, 0.3) is 0 Å². The Balaban J connectivity index is 1.76. The van der Waals surface area contributed by atoms with E-state index in [1.54, 1.807) is 0 Å². The molecule has 0 saturated heterocycles. The van der Waals surface area contributed by atoms with Crippen LogP contribution in [0.5, 0.6) is 0 Å². The Kier molecular flexibility index (Phi) is 9.49. The van der Waals surface area contributed by atoms with Gasteiger partial charge in [0.1, 0.15) is 0 Å². The van der Waals surface area contributed by atoms with Crippen molar-refractivity contribution in [2.75, 3.05) is 11.4 Å². The molecule has 4 N–H and O–H groups in total. The van der Waals surface area contributed by atoms with Gasteiger partial charge in [0.2, 0.25) is 0 Å². The number of nitrogens with zero attached hydrogens (tertiary/aromatic N) is 1. The van der Waals surface area contributed by atoms with E-state index >= 15 is 0 Å². The molecular formula is C29H39N3O. The van der Waals surface area contributed by atoms with Crippen molar-refractivity contribution in [2.45, 2.75) is 59.0 Å². The molecule has 0 aliphatic heterocycles. The minimum Gasteiger partial charge on any atom is -0.361 e. The molecule has 0 fully saturated rings. The van der Waals surface area contributed by atoms with Gasteiger partial charge >= 0.3 is 0 Å². The Hall–Kier alpha value is -2.66. The van der Waals surface area contributed by atoms with Crippen molar-refractivity contribution in [3.05, 3.63) is 90.0 Å². The monoisotopic (exact) mass is 445 g/mol. The van der Waals surface area contributed by atoms with Crippen molar-refractivity contribution in [3.8, 4) is 11.1 Å². The fraction of sp³-hybridized carbons (Fsp3) is 0.379. The van der Waals surface area contributed by atoms with Crippen molar-refractivity contribution < 1.29 is 5.11 Å². The van der Waals surface area contributed by atoms with Gasteiger partial charge < -0.3 is 15.7 Å². The Bertz CT molecular complexity index is 941. The van der Waals surface area contributed by atoms with Crippen molar-refractivity contribution in [2.24, 2.45) is 11.7 Å². The highest BCUT2D eigenvalue weighted by atomic mass is 16.3. The number of benzene rings is 3. The molecule has 0 aliphatic carbocycles. The number of hydrogen-bond acceptors (Lipinski definition) is 4. The van der Waals surface area contributed by atoms with E-state index in [-0.39, 0.29) is 6.04 Å². The van der Waals surface area contributed by atoms with E-state index in [0.717, 1.165) is 30.5 Å². The van der Waals surface area contributed by atoms with Crippen LogP contribution in [0.3, 0.4) is 0 Å². The molecule has 3 aromatic rings. The number of nitrogens with one attached hydrogen (secondary N) is 1. The number of hydrogen-bond donors (Lipinski definition) is 3. The lowest BCUT2D eigenvalue weighted by Crippen LogP contribution is -2.51. The van der Waals surface area contributed by atoms with Crippen LogP contribution in [-0.2, 0) is 13.0 Å². The highest BCUT2D eigenvalue weighted by Crippen LogP contribution is 2.25. The second kappa shape index (κ2) is 12.5. The molecule has 0 heterocycles. The van der Waals surface area contributed by atoms with Crippen molar-refractivity contribution >= 4 is 5.69 Å². The Morgan fingerprint density at radius 1 is 0.848 bits per heavy atom. The molecule has 3 aromatic carbocycles. The standard InChI is InChI=1S/C29H39N3O/c1-4-9-23-12-14-25(15-13-23)26-16-18-27(19-17-26)32(21-28(30)22(3)5-2)29(33)31-20-24-10-7-6-8-11-24/h6-8,10-19,22,28-29,31,33H,4-5,9,20-21,30H2,1-3H3/t22-,28+,29?/m0/s1. The molecule has 0 aromatic heterocycles. The molecule has 4 nitrogen and oxygen atoms in total. The van der Waals surface area contributed by atoms with Crippen LogP contribution >= 0.6 is 0 Å². The Morgan fingerprint density at radius 3 is 2.03 bits per heavy atom. The van der Waals surface area contributed by atoms with Gasteiger partial charge in [-0.2, -0.15) is 0 Å². The first-order chi connectivity index (χ1) is 16.0. The molecular weight excluding hydrogens is 406 g/mol. The molecule has 176 valence electrons. The fourth-order valence-electron chi connectivity index (χ4n) is 3.97. The van der Waals surface area contributed by atoms with Crippen LogP contribution in [0, 0.1) is 5.92 Å². The number of aliphatic hydroxyl groups is 1. The van der Waals surface area contributed by atoms with Gasteiger partial charge in [0.15, 0.2) is 6.35 Å². The average molecular weight is 446 g/mol. The van der Waals surface area contributed by atoms with Gasteiger partial charge in [-0.05, 0) is 46.7 Å². The van der Waals surface area contributed by atoms with Crippen LogP contribution in [-0.4, -0.2) is 24.0 Å². The molecule has 0 aliphatic rings. The molecule has 0 bridgehead atoms. The summed E-state index contributed by atoms with van der Waals surface area (Å²) in [5.74, 6) is 0.370. The third-order valence-electron chi connectivity index (χ3n) is 6.43. The van der Waals surface area contributed by atoms with Gasteiger partial charge in [0, 0.05) is 24.8 Å². The van der Waals surface area contributed by atoms with Gasteiger partial charge in [-0.3, -0.25) is 5.32 Å². The van der Waals surface area contributed by atoms with Gasteiger partial charge in [0.05, 0.1) is 0 Å². The van der Waals surface area contributed by atoms with Gasteiger partial charge in [-0.1, -0.05) is 100 Å². The number of aliphatic hydroxyl groups excluding tert-OH is 1. The maximum absolute atomic E-state index is 11.1. The van der Waals surface area contributed by atoms with Gasteiger partial charge in [-0.25, -0.2) is 0 Å². The minimum atomic E-state index is -0.834. The summed E-state index contributed by atoms with van der Waals surface area (Å²) in [5, 5.41) is 14.3. The molecule has 0 spiro atoms. The van der Waals surface area contributed by atoms with Crippen molar-refractivity contribution in [3.63, 3.8) is 0 Å². The fourth-order valence-corrected chi connectivity index (χ4v) is 3.97. The van der Waals surface area contributed by atoms with Crippen LogP contribution in [0.4, 0.5) is 5.69 Å². The largest absolute Gasteiger partial charge is 0.361 e. The van der Waals surface area contributed by atoms with Crippen LogP contribution in [0.2, 0.25) is 0 Å². The van der Waals surface area contributed by atoms with Crippen LogP contribution in [0.25, 0.3) is 11.1 Å². The summed E-state index contributed by atoms with van der Waals surface area (Å²) >= 11 is 0. The number of nitrogens with two attached hydrogens (primary N) is 1. The summed E-state index contributed by atoms with van der Waals surface area (Å²) < 4.78 is 0. The Labute approximate surface area is 199 Å². The number of rotatable bonds is 12. The highest BCUT2D eigenvalue weighted by Gasteiger charge is 2.21. The molecule has 33 heavy (non-hydrogen) atoms. The predicted molar refractivity (Wildman–Crippen MR) is 140 cm³/mol. The third kappa shape index (κ3) is 7.16.